The zero-order valence-corrected chi connectivity index (χ0v) is 36.2. The molecule has 2 atom stereocenters. The van der Waals surface area contributed by atoms with Crippen LogP contribution in [-0.4, -0.2) is 41.6 Å². The number of hydrogen-bond acceptors (Lipinski definition) is 5. The van der Waals surface area contributed by atoms with Gasteiger partial charge in [-0.1, -0.05) is 164 Å². The predicted molar refractivity (Wildman–Crippen MR) is 239 cm³/mol. The maximum Gasteiger partial charge on any atom is 0.326 e. The van der Waals surface area contributed by atoms with Crippen molar-refractivity contribution in [2.24, 2.45) is 5.73 Å². The van der Waals surface area contributed by atoms with Crippen LogP contribution in [0.5, 0.6) is 0 Å². The minimum Gasteiger partial charge on any atom is -0.480 e. The standard InChI is InChI=1S/C49H86N2O5/c1-3-5-7-9-11-13-14-15-16-17-18-19-20-21-22-23-24-26-28-33-37-43-48(53)56-45(39-34-30-27-25-12-10-8-6-4-2)40-35-31-29-32-36-42-47(52)51-46(49(54)55)41-38-44-50/h5,7,11,13,15-16,18-19,21-22,45-46H,3-4,6,8-10,12,14,17,20,23-44,50H2,1-2H3,(H,51,52)(H,54,55)/b7-5-,13-11-,16-15-,19-18-,22-21-. The van der Waals surface area contributed by atoms with E-state index in [9.17, 15) is 19.5 Å². The smallest absolute Gasteiger partial charge is 0.326 e. The van der Waals surface area contributed by atoms with Gasteiger partial charge >= 0.3 is 11.9 Å². The molecule has 0 bridgehead atoms. The van der Waals surface area contributed by atoms with Gasteiger partial charge in [-0.25, -0.2) is 4.79 Å². The van der Waals surface area contributed by atoms with E-state index in [-0.39, 0.29) is 18.0 Å². The molecule has 2 unspecified atom stereocenters. The molecule has 0 aromatic rings. The summed E-state index contributed by atoms with van der Waals surface area (Å²) >= 11 is 0. The van der Waals surface area contributed by atoms with Crippen LogP contribution in [0.4, 0.5) is 0 Å². The molecule has 0 heterocycles. The van der Waals surface area contributed by atoms with E-state index in [2.05, 4.69) is 79.9 Å². The lowest BCUT2D eigenvalue weighted by atomic mass is 10.0. The van der Waals surface area contributed by atoms with Crippen molar-refractivity contribution >= 4 is 17.8 Å². The molecule has 0 fully saturated rings. The summed E-state index contributed by atoms with van der Waals surface area (Å²) in [6.45, 7) is 4.83. The van der Waals surface area contributed by atoms with Gasteiger partial charge in [0.15, 0.2) is 0 Å². The Bertz CT molecular complexity index is 1060. The van der Waals surface area contributed by atoms with E-state index < -0.39 is 12.0 Å². The zero-order valence-electron chi connectivity index (χ0n) is 36.2. The van der Waals surface area contributed by atoms with Gasteiger partial charge in [-0.3, -0.25) is 9.59 Å². The van der Waals surface area contributed by atoms with Gasteiger partial charge in [0.25, 0.3) is 0 Å². The molecule has 322 valence electrons. The molecule has 7 nitrogen and oxygen atoms in total. The highest BCUT2D eigenvalue weighted by molar-refractivity contribution is 5.83. The van der Waals surface area contributed by atoms with E-state index in [0.717, 1.165) is 109 Å². The van der Waals surface area contributed by atoms with Crippen molar-refractivity contribution in [2.45, 2.75) is 225 Å². The first-order valence-electron chi connectivity index (χ1n) is 23.1. The molecule has 4 N–H and O–H groups in total. The monoisotopic (exact) mass is 783 g/mol. The molecule has 7 heteroatoms. The predicted octanol–water partition coefficient (Wildman–Crippen LogP) is 13.3. The van der Waals surface area contributed by atoms with Crippen LogP contribution in [-0.2, 0) is 19.1 Å². The molecule has 1 amide bonds. The molecular weight excluding hydrogens is 697 g/mol. The van der Waals surface area contributed by atoms with Crippen LogP contribution in [0.25, 0.3) is 0 Å². The Morgan fingerprint density at radius 3 is 1.48 bits per heavy atom. The van der Waals surface area contributed by atoms with Crippen LogP contribution in [0.2, 0.25) is 0 Å². The summed E-state index contributed by atoms with van der Waals surface area (Å²) in [5.41, 5.74) is 5.49. The topological polar surface area (TPSA) is 119 Å². The number of nitrogens with one attached hydrogen (secondary N) is 1. The maximum absolute atomic E-state index is 12.8. The first kappa shape index (κ1) is 53.1. The Labute approximate surface area is 344 Å². The molecule has 0 saturated carbocycles. The summed E-state index contributed by atoms with van der Waals surface area (Å²) in [4.78, 5) is 36.4. The molecule has 0 aliphatic carbocycles. The van der Waals surface area contributed by atoms with Gasteiger partial charge in [0.2, 0.25) is 5.91 Å². The summed E-state index contributed by atoms with van der Waals surface area (Å²) in [6.07, 6.45) is 54.1. The van der Waals surface area contributed by atoms with Crippen LogP contribution in [0.1, 0.15) is 213 Å². The molecule has 0 radical (unpaired) electrons. The lowest BCUT2D eigenvalue weighted by Gasteiger charge is -2.18. The van der Waals surface area contributed by atoms with Crippen LogP contribution < -0.4 is 11.1 Å². The van der Waals surface area contributed by atoms with Crippen molar-refractivity contribution in [3.63, 3.8) is 0 Å². The van der Waals surface area contributed by atoms with Crippen LogP contribution in [0.3, 0.4) is 0 Å². The van der Waals surface area contributed by atoms with Crippen molar-refractivity contribution in [2.75, 3.05) is 6.54 Å². The number of rotatable bonds is 41. The highest BCUT2D eigenvalue weighted by atomic mass is 16.5. The maximum atomic E-state index is 12.8. The number of esters is 1. The van der Waals surface area contributed by atoms with Gasteiger partial charge in [0, 0.05) is 12.8 Å². The molecule has 0 aromatic heterocycles. The molecule has 0 spiro atoms. The Morgan fingerprint density at radius 2 is 0.982 bits per heavy atom. The number of amides is 1. The van der Waals surface area contributed by atoms with Gasteiger partial charge < -0.3 is 20.9 Å². The van der Waals surface area contributed by atoms with Crippen molar-refractivity contribution in [3.05, 3.63) is 60.8 Å². The number of aliphatic carboxylic acids is 1. The summed E-state index contributed by atoms with van der Waals surface area (Å²) in [5, 5.41) is 11.9. The van der Waals surface area contributed by atoms with E-state index >= 15 is 0 Å². The fourth-order valence-electron chi connectivity index (χ4n) is 6.65. The average molecular weight is 783 g/mol. The molecule has 0 aliphatic rings. The van der Waals surface area contributed by atoms with Gasteiger partial charge in [-0.05, 0) is 103 Å². The van der Waals surface area contributed by atoms with Crippen molar-refractivity contribution in [3.8, 4) is 0 Å². The Balaban J connectivity index is 4.24. The van der Waals surface area contributed by atoms with Crippen LogP contribution >= 0.6 is 0 Å². The summed E-state index contributed by atoms with van der Waals surface area (Å²) in [5.74, 6) is -1.25. The highest BCUT2D eigenvalue weighted by Gasteiger charge is 2.19. The zero-order chi connectivity index (χ0) is 41.0. The van der Waals surface area contributed by atoms with E-state index in [4.69, 9.17) is 10.5 Å². The van der Waals surface area contributed by atoms with E-state index in [1.165, 1.54) is 64.2 Å². The lowest BCUT2D eigenvalue weighted by Crippen LogP contribution is -2.40. The third-order valence-corrected chi connectivity index (χ3v) is 10.1. The molecule has 0 aromatic carbocycles. The first-order chi connectivity index (χ1) is 27.4. The third-order valence-electron chi connectivity index (χ3n) is 10.1. The minimum atomic E-state index is -1.01. The number of carbonyl (C=O) groups excluding carboxylic acids is 2. The highest BCUT2D eigenvalue weighted by Crippen LogP contribution is 2.19. The van der Waals surface area contributed by atoms with Crippen LogP contribution in [0.15, 0.2) is 60.8 Å². The second kappa shape index (κ2) is 43.2. The average Bonchev–Trinajstić information content (AvgIpc) is 3.18. The number of nitrogens with two attached hydrogens (primary N) is 1. The number of unbranched alkanes of at least 4 members (excludes halogenated alkanes) is 17. The quantitative estimate of drug-likeness (QED) is 0.0323. The number of carboxylic acid groups (broad SMARTS) is 1. The van der Waals surface area contributed by atoms with Gasteiger partial charge in [-0.2, -0.15) is 0 Å². The molecular formula is C49H86N2O5. The number of carbonyl (C=O) groups is 3. The lowest BCUT2D eigenvalue weighted by molar-refractivity contribution is -0.150. The van der Waals surface area contributed by atoms with E-state index in [1.807, 2.05) is 0 Å². The Morgan fingerprint density at radius 1 is 0.536 bits per heavy atom. The first-order valence-corrected chi connectivity index (χ1v) is 23.1. The second-order valence-electron chi connectivity index (χ2n) is 15.4. The molecule has 56 heavy (non-hydrogen) atoms. The normalized spacial score (nSPS) is 13.2. The largest absolute Gasteiger partial charge is 0.480 e. The van der Waals surface area contributed by atoms with E-state index in [1.54, 1.807) is 0 Å². The van der Waals surface area contributed by atoms with Gasteiger partial charge in [0.1, 0.15) is 12.1 Å². The Kier molecular flexibility index (Phi) is 40.9. The van der Waals surface area contributed by atoms with E-state index in [0.29, 0.717) is 32.2 Å². The third kappa shape index (κ3) is 39.3. The fourth-order valence-corrected chi connectivity index (χ4v) is 6.65. The second-order valence-corrected chi connectivity index (χ2v) is 15.4. The van der Waals surface area contributed by atoms with Gasteiger partial charge in [0.05, 0.1) is 0 Å². The van der Waals surface area contributed by atoms with Crippen molar-refractivity contribution in [1.29, 1.82) is 0 Å². The number of ether oxygens (including phenoxy) is 1. The number of carboxylic acids is 1. The fraction of sp³-hybridized carbons (Fsp3) is 0.735. The molecule has 0 saturated heterocycles. The molecule has 0 aliphatic heterocycles. The SMILES string of the molecule is CC/C=C\C/C=C\C/C=C\C/C=C\C/C=C\CCCCCCCC(=O)OC(CCCCCCCCCCC)CCCCCCCC(=O)NC(CCCN)C(=O)O. The summed E-state index contributed by atoms with van der Waals surface area (Å²) in [7, 11) is 0. The Hall–Kier alpha value is -2.93. The summed E-state index contributed by atoms with van der Waals surface area (Å²) in [6, 6.07) is -0.859. The number of allylic oxidation sites excluding steroid dienone is 10. The van der Waals surface area contributed by atoms with Crippen LogP contribution in [0, 0.1) is 0 Å². The molecule has 0 rings (SSSR count). The number of hydrogen-bond donors (Lipinski definition) is 3. The van der Waals surface area contributed by atoms with Gasteiger partial charge in [-0.15, -0.1) is 0 Å². The van der Waals surface area contributed by atoms with Crippen molar-refractivity contribution < 1.29 is 24.2 Å². The van der Waals surface area contributed by atoms with Crippen molar-refractivity contribution in [1.82, 2.24) is 5.32 Å². The minimum absolute atomic E-state index is 0.00257. The summed E-state index contributed by atoms with van der Waals surface area (Å²) < 4.78 is 6.04.